The van der Waals surface area contributed by atoms with Gasteiger partial charge in [-0.2, -0.15) is 5.26 Å². The normalized spacial score (nSPS) is 16.8. The molecule has 1 amide bonds. The van der Waals surface area contributed by atoms with Crippen molar-refractivity contribution in [3.63, 3.8) is 0 Å². The Bertz CT molecular complexity index is 640. The van der Waals surface area contributed by atoms with E-state index < -0.39 is 11.7 Å². The topological polar surface area (TPSA) is 86.4 Å². The number of rotatable bonds is 5. The standard InChI is InChI=1S/C20H29N3O3/c1-20(2,3)26-19(25)23-11-8-15(9-12-23)5-4-6-18(24)16-7-10-22-17(13-16)14-21/h7,10,13,15,18,24H,4-6,8-9,11-12H2,1-3H3. The minimum Gasteiger partial charge on any atom is -0.444 e. The summed E-state index contributed by atoms with van der Waals surface area (Å²) in [7, 11) is 0. The van der Waals surface area contributed by atoms with Crippen LogP contribution in [0.15, 0.2) is 18.3 Å². The van der Waals surface area contributed by atoms with Crippen LogP contribution in [0.2, 0.25) is 0 Å². The molecule has 1 N–H and O–H groups in total. The van der Waals surface area contributed by atoms with Gasteiger partial charge in [-0.3, -0.25) is 0 Å². The molecular formula is C20H29N3O3. The quantitative estimate of drug-likeness (QED) is 0.864. The van der Waals surface area contributed by atoms with Gasteiger partial charge in [-0.15, -0.1) is 0 Å². The molecule has 2 heterocycles. The number of likely N-dealkylation sites (tertiary alicyclic amines) is 1. The maximum absolute atomic E-state index is 12.1. The van der Waals surface area contributed by atoms with Crippen molar-refractivity contribution in [2.75, 3.05) is 13.1 Å². The van der Waals surface area contributed by atoms with E-state index in [-0.39, 0.29) is 6.09 Å². The number of nitrogens with zero attached hydrogens (tertiary/aromatic N) is 3. The van der Waals surface area contributed by atoms with Crippen LogP contribution in [0, 0.1) is 17.2 Å². The van der Waals surface area contributed by atoms with Gasteiger partial charge >= 0.3 is 6.09 Å². The molecule has 0 spiro atoms. The van der Waals surface area contributed by atoms with Crippen molar-refractivity contribution in [1.29, 1.82) is 5.26 Å². The summed E-state index contributed by atoms with van der Waals surface area (Å²) >= 11 is 0. The van der Waals surface area contributed by atoms with Crippen LogP contribution in [0.3, 0.4) is 0 Å². The van der Waals surface area contributed by atoms with Crippen LogP contribution in [0.4, 0.5) is 4.79 Å². The second kappa shape index (κ2) is 9.00. The molecule has 1 unspecified atom stereocenters. The van der Waals surface area contributed by atoms with Crippen molar-refractivity contribution in [3.8, 4) is 6.07 Å². The molecule has 142 valence electrons. The number of aliphatic hydroxyl groups is 1. The summed E-state index contributed by atoms with van der Waals surface area (Å²) in [6.45, 7) is 7.11. The number of hydrogen-bond acceptors (Lipinski definition) is 5. The molecular weight excluding hydrogens is 330 g/mol. The lowest BCUT2D eigenvalue weighted by Gasteiger charge is -2.33. The minimum absolute atomic E-state index is 0.225. The predicted octanol–water partition coefficient (Wildman–Crippen LogP) is 3.80. The molecule has 0 aromatic carbocycles. The fourth-order valence-electron chi connectivity index (χ4n) is 3.21. The zero-order chi connectivity index (χ0) is 19.2. The number of aliphatic hydroxyl groups excluding tert-OH is 1. The number of nitriles is 1. The van der Waals surface area contributed by atoms with Crippen molar-refractivity contribution in [1.82, 2.24) is 9.88 Å². The summed E-state index contributed by atoms with van der Waals surface area (Å²) in [4.78, 5) is 17.8. The number of piperidine rings is 1. The molecule has 1 aliphatic rings. The third-order valence-corrected chi connectivity index (χ3v) is 4.64. The molecule has 1 aromatic heterocycles. The van der Waals surface area contributed by atoms with E-state index >= 15 is 0 Å². The molecule has 0 aliphatic carbocycles. The van der Waals surface area contributed by atoms with E-state index in [9.17, 15) is 9.90 Å². The summed E-state index contributed by atoms with van der Waals surface area (Å²) in [5.74, 6) is 0.577. The molecule has 6 nitrogen and oxygen atoms in total. The van der Waals surface area contributed by atoms with Crippen LogP contribution < -0.4 is 0 Å². The first-order valence-electron chi connectivity index (χ1n) is 9.30. The summed E-state index contributed by atoms with van der Waals surface area (Å²) in [6, 6.07) is 5.39. The van der Waals surface area contributed by atoms with Gasteiger partial charge in [0.1, 0.15) is 17.4 Å². The number of ether oxygens (including phenoxy) is 1. The van der Waals surface area contributed by atoms with Gasteiger partial charge in [0.15, 0.2) is 0 Å². The molecule has 0 radical (unpaired) electrons. The van der Waals surface area contributed by atoms with Crippen LogP contribution >= 0.6 is 0 Å². The second-order valence-corrected chi connectivity index (χ2v) is 7.94. The van der Waals surface area contributed by atoms with E-state index in [1.165, 1.54) is 0 Å². The van der Waals surface area contributed by atoms with E-state index in [1.54, 1.807) is 23.2 Å². The molecule has 1 atom stereocenters. The van der Waals surface area contributed by atoms with Gasteiger partial charge in [0.05, 0.1) is 6.10 Å². The van der Waals surface area contributed by atoms with Crippen LogP contribution in [-0.2, 0) is 4.74 Å². The fourth-order valence-corrected chi connectivity index (χ4v) is 3.21. The van der Waals surface area contributed by atoms with Crippen LogP contribution in [0.5, 0.6) is 0 Å². The van der Waals surface area contributed by atoms with Gasteiger partial charge < -0.3 is 14.7 Å². The molecule has 6 heteroatoms. The SMILES string of the molecule is CC(C)(C)OC(=O)N1CCC(CCCC(O)c2ccnc(C#N)c2)CC1. The van der Waals surface area contributed by atoms with Gasteiger partial charge in [0, 0.05) is 19.3 Å². The van der Waals surface area contributed by atoms with Gasteiger partial charge in [-0.25, -0.2) is 9.78 Å². The smallest absolute Gasteiger partial charge is 0.410 e. The molecule has 1 saturated heterocycles. The number of carbonyl (C=O) groups excluding carboxylic acids is 1. The number of pyridine rings is 1. The largest absolute Gasteiger partial charge is 0.444 e. The fraction of sp³-hybridized carbons (Fsp3) is 0.650. The van der Waals surface area contributed by atoms with E-state index in [2.05, 4.69) is 4.98 Å². The summed E-state index contributed by atoms with van der Waals surface area (Å²) < 4.78 is 5.42. The third-order valence-electron chi connectivity index (χ3n) is 4.64. The Morgan fingerprint density at radius 1 is 1.46 bits per heavy atom. The van der Waals surface area contributed by atoms with Gasteiger partial charge in [0.25, 0.3) is 0 Å². The highest BCUT2D eigenvalue weighted by Gasteiger charge is 2.26. The lowest BCUT2D eigenvalue weighted by Crippen LogP contribution is -2.41. The van der Waals surface area contributed by atoms with Crippen molar-refractivity contribution in [2.45, 2.75) is 64.6 Å². The zero-order valence-electron chi connectivity index (χ0n) is 15.9. The van der Waals surface area contributed by atoms with Crippen LogP contribution in [0.1, 0.15) is 70.2 Å². The number of hydrogen-bond donors (Lipinski definition) is 1. The monoisotopic (exact) mass is 359 g/mol. The summed E-state index contributed by atoms with van der Waals surface area (Å²) in [5, 5.41) is 19.2. The Kier molecular flexibility index (Phi) is 6.98. The Morgan fingerprint density at radius 2 is 2.15 bits per heavy atom. The number of aromatic nitrogens is 1. The number of carbonyl (C=O) groups is 1. The Hall–Kier alpha value is -2.13. The van der Waals surface area contributed by atoms with E-state index in [1.807, 2.05) is 26.8 Å². The van der Waals surface area contributed by atoms with Crippen molar-refractivity contribution in [3.05, 3.63) is 29.6 Å². The molecule has 2 rings (SSSR count). The molecule has 0 saturated carbocycles. The first kappa shape index (κ1) is 20.2. The Labute approximate surface area is 155 Å². The highest BCUT2D eigenvalue weighted by atomic mass is 16.6. The van der Waals surface area contributed by atoms with Crippen molar-refractivity contribution < 1.29 is 14.6 Å². The molecule has 1 aromatic rings. The molecule has 26 heavy (non-hydrogen) atoms. The van der Waals surface area contributed by atoms with Crippen LogP contribution in [0.25, 0.3) is 0 Å². The minimum atomic E-state index is -0.563. The summed E-state index contributed by atoms with van der Waals surface area (Å²) in [5.41, 5.74) is 0.620. The molecule has 1 fully saturated rings. The van der Waals surface area contributed by atoms with E-state index in [4.69, 9.17) is 10.00 Å². The Morgan fingerprint density at radius 3 is 2.77 bits per heavy atom. The van der Waals surface area contributed by atoms with E-state index in [0.29, 0.717) is 18.0 Å². The van der Waals surface area contributed by atoms with Gasteiger partial charge in [0.2, 0.25) is 0 Å². The molecule has 0 bridgehead atoms. The predicted molar refractivity (Wildman–Crippen MR) is 98.3 cm³/mol. The second-order valence-electron chi connectivity index (χ2n) is 7.94. The maximum Gasteiger partial charge on any atom is 0.410 e. The van der Waals surface area contributed by atoms with E-state index in [0.717, 1.165) is 44.3 Å². The first-order chi connectivity index (χ1) is 12.3. The van der Waals surface area contributed by atoms with Crippen LogP contribution in [-0.4, -0.2) is 39.8 Å². The zero-order valence-corrected chi connectivity index (χ0v) is 15.9. The Balaban J connectivity index is 1.70. The van der Waals surface area contributed by atoms with Crippen molar-refractivity contribution in [2.24, 2.45) is 5.92 Å². The highest BCUT2D eigenvalue weighted by Crippen LogP contribution is 2.26. The highest BCUT2D eigenvalue weighted by molar-refractivity contribution is 5.68. The maximum atomic E-state index is 12.1. The average Bonchev–Trinajstić information content (AvgIpc) is 2.60. The van der Waals surface area contributed by atoms with Gasteiger partial charge in [-0.1, -0.05) is 12.8 Å². The van der Waals surface area contributed by atoms with Crippen molar-refractivity contribution >= 4 is 6.09 Å². The summed E-state index contributed by atoms with van der Waals surface area (Å²) in [6.07, 6.45) is 5.35. The lowest BCUT2D eigenvalue weighted by molar-refractivity contribution is 0.0179. The van der Waals surface area contributed by atoms with Gasteiger partial charge in [-0.05, 0) is 63.6 Å². The third kappa shape index (κ3) is 6.30. The number of amides is 1. The first-order valence-corrected chi connectivity index (χ1v) is 9.30. The lowest BCUT2D eigenvalue weighted by atomic mass is 9.90. The average molecular weight is 359 g/mol. The molecule has 1 aliphatic heterocycles.